The Labute approximate surface area is 107 Å². The van der Waals surface area contributed by atoms with Gasteiger partial charge in [0.1, 0.15) is 5.75 Å². The molecular formula is C11H10N2O4S. The summed E-state index contributed by atoms with van der Waals surface area (Å²) in [4.78, 5) is 23.4. The van der Waals surface area contributed by atoms with Crippen LogP contribution in [0.15, 0.2) is 29.1 Å². The number of carbonyl (C=O) groups excluding carboxylic acids is 1. The van der Waals surface area contributed by atoms with Crippen molar-refractivity contribution in [3.8, 4) is 5.75 Å². The molecule has 6 nitrogen and oxygen atoms in total. The Morgan fingerprint density at radius 2 is 2.06 bits per heavy atom. The molecule has 0 unspecified atom stereocenters. The van der Waals surface area contributed by atoms with E-state index in [4.69, 9.17) is 0 Å². The van der Waals surface area contributed by atoms with Crippen molar-refractivity contribution in [3.05, 3.63) is 40.2 Å². The lowest BCUT2D eigenvalue weighted by atomic mass is 10.1. The minimum atomic E-state index is -0.981. The second kappa shape index (κ2) is 4.61. The van der Waals surface area contributed by atoms with Gasteiger partial charge in [-0.1, -0.05) is 12.1 Å². The molecule has 0 aliphatic carbocycles. The molecule has 7 heteroatoms. The topological polar surface area (TPSA) is 91.6 Å². The fraction of sp³-hybridized carbons (Fsp3) is 0.0909. The number of fused-ring (bicyclic) bond motifs is 1. The highest BCUT2D eigenvalue weighted by Crippen LogP contribution is 2.25. The number of hydrogen-bond donors (Lipinski definition) is 4. The monoisotopic (exact) mass is 266 g/mol. The highest BCUT2D eigenvalue weighted by Gasteiger charge is 2.21. The quantitative estimate of drug-likeness (QED) is 0.363. The van der Waals surface area contributed by atoms with Gasteiger partial charge >= 0.3 is 0 Å². The maximum atomic E-state index is 11.8. The van der Waals surface area contributed by atoms with Gasteiger partial charge in [-0.2, -0.15) is 12.6 Å². The third kappa shape index (κ3) is 1.78. The number of rotatable bonds is 2. The lowest BCUT2D eigenvalue weighted by molar-refractivity contribution is 0.0950. The highest BCUT2D eigenvalue weighted by atomic mass is 32.1. The second-order valence-corrected chi connectivity index (χ2v) is 3.84. The van der Waals surface area contributed by atoms with E-state index in [0.29, 0.717) is 4.73 Å². The van der Waals surface area contributed by atoms with Crippen LogP contribution in [0.5, 0.6) is 5.75 Å². The summed E-state index contributed by atoms with van der Waals surface area (Å²) in [5, 5.41) is 22.1. The van der Waals surface area contributed by atoms with Crippen molar-refractivity contribution >= 4 is 29.4 Å². The molecule has 0 spiro atoms. The summed E-state index contributed by atoms with van der Waals surface area (Å²) < 4.78 is 0.336. The van der Waals surface area contributed by atoms with Crippen LogP contribution in [0.4, 0.5) is 0 Å². The Balaban J connectivity index is 2.83. The van der Waals surface area contributed by atoms with Crippen molar-refractivity contribution in [2.45, 2.75) is 0 Å². The summed E-state index contributed by atoms with van der Waals surface area (Å²) in [6.45, 7) is 0. The van der Waals surface area contributed by atoms with Crippen LogP contribution in [0.25, 0.3) is 10.9 Å². The zero-order chi connectivity index (χ0) is 13.3. The Bertz CT molecular complexity index is 681. The molecule has 18 heavy (non-hydrogen) atoms. The van der Waals surface area contributed by atoms with Gasteiger partial charge in [0.05, 0.1) is 11.4 Å². The second-order valence-electron chi connectivity index (χ2n) is 3.52. The number of aromatic hydroxyl groups is 1. The Morgan fingerprint density at radius 3 is 2.72 bits per heavy atom. The van der Waals surface area contributed by atoms with Gasteiger partial charge in [0.15, 0.2) is 5.56 Å². The Morgan fingerprint density at radius 1 is 1.39 bits per heavy atom. The average Bonchev–Trinajstić information content (AvgIpc) is 2.37. The summed E-state index contributed by atoms with van der Waals surface area (Å²) >= 11 is 3.79. The maximum absolute atomic E-state index is 11.8. The SMILES string of the molecule is O=C(NCS)c1c(O)c2ccccc2n(O)c1=O. The fourth-order valence-corrected chi connectivity index (χ4v) is 1.82. The van der Waals surface area contributed by atoms with Gasteiger partial charge in [0, 0.05) is 5.39 Å². The predicted octanol–water partition coefficient (Wildman–Crippen LogP) is 0.561. The number of benzene rings is 1. The zero-order valence-corrected chi connectivity index (χ0v) is 10.0. The molecule has 2 aromatic rings. The summed E-state index contributed by atoms with van der Waals surface area (Å²) in [7, 11) is 0. The molecule has 2 rings (SSSR count). The molecule has 1 amide bonds. The van der Waals surface area contributed by atoms with Crippen molar-refractivity contribution in [1.29, 1.82) is 0 Å². The van der Waals surface area contributed by atoms with E-state index in [1.54, 1.807) is 12.1 Å². The number of aromatic nitrogens is 1. The van der Waals surface area contributed by atoms with Gasteiger partial charge in [-0.15, -0.1) is 4.73 Å². The van der Waals surface area contributed by atoms with Crippen molar-refractivity contribution in [2.24, 2.45) is 0 Å². The molecule has 0 fully saturated rings. The van der Waals surface area contributed by atoms with E-state index in [1.165, 1.54) is 12.1 Å². The van der Waals surface area contributed by atoms with E-state index in [1.807, 2.05) is 0 Å². The third-order valence-electron chi connectivity index (χ3n) is 2.50. The first-order valence-electron chi connectivity index (χ1n) is 5.03. The van der Waals surface area contributed by atoms with E-state index in [0.717, 1.165) is 0 Å². The minimum Gasteiger partial charge on any atom is -0.506 e. The standard InChI is InChI=1S/C11H10N2O4S/c14-9-6-3-1-2-4-7(6)13(17)11(16)8(9)10(15)12-5-18/h1-4,14,17-18H,5H2,(H,12,15). The Kier molecular flexibility index (Phi) is 3.15. The molecule has 1 aromatic carbocycles. The molecule has 3 N–H and O–H groups in total. The molecule has 0 aliphatic rings. The maximum Gasteiger partial charge on any atom is 0.300 e. The summed E-state index contributed by atoms with van der Waals surface area (Å²) in [6, 6.07) is 6.17. The van der Waals surface area contributed by atoms with Crippen LogP contribution < -0.4 is 10.9 Å². The number of hydrogen-bond acceptors (Lipinski definition) is 5. The molecule has 0 atom stereocenters. The fourth-order valence-electron chi connectivity index (χ4n) is 1.67. The van der Waals surface area contributed by atoms with E-state index in [-0.39, 0.29) is 16.8 Å². The zero-order valence-electron chi connectivity index (χ0n) is 9.12. The number of nitrogens with zero attached hydrogens (tertiary/aromatic N) is 1. The van der Waals surface area contributed by atoms with E-state index < -0.39 is 22.8 Å². The molecule has 94 valence electrons. The summed E-state index contributed by atoms with van der Waals surface area (Å²) in [5.74, 6) is -1.24. The average molecular weight is 266 g/mol. The third-order valence-corrected chi connectivity index (χ3v) is 2.66. The molecule has 0 bridgehead atoms. The largest absolute Gasteiger partial charge is 0.506 e. The molecule has 1 heterocycles. The molecule has 0 aliphatic heterocycles. The van der Waals surface area contributed by atoms with Crippen LogP contribution in [0.3, 0.4) is 0 Å². The van der Waals surface area contributed by atoms with Gasteiger partial charge < -0.3 is 15.6 Å². The number of thiol groups is 1. The van der Waals surface area contributed by atoms with Crippen LogP contribution in [0, 0.1) is 0 Å². The van der Waals surface area contributed by atoms with E-state index in [9.17, 15) is 19.9 Å². The first-order chi connectivity index (χ1) is 8.57. The van der Waals surface area contributed by atoms with Crippen LogP contribution in [0.1, 0.15) is 10.4 Å². The molecule has 0 saturated carbocycles. The number of nitrogens with one attached hydrogen (secondary N) is 1. The smallest absolute Gasteiger partial charge is 0.300 e. The van der Waals surface area contributed by atoms with Crippen molar-refractivity contribution in [3.63, 3.8) is 0 Å². The van der Waals surface area contributed by atoms with Gasteiger partial charge in [-0.05, 0) is 12.1 Å². The molecular weight excluding hydrogens is 256 g/mol. The summed E-state index contributed by atoms with van der Waals surface area (Å²) in [6.07, 6.45) is 0. The Hall–Kier alpha value is -2.15. The van der Waals surface area contributed by atoms with Crippen molar-refractivity contribution < 1.29 is 15.1 Å². The van der Waals surface area contributed by atoms with Crippen LogP contribution in [-0.4, -0.2) is 26.8 Å². The number of carbonyl (C=O) groups is 1. The normalized spacial score (nSPS) is 10.5. The van der Waals surface area contributed by atoms with Crippen LogP contribution in [0.2, 0.25) is 0 Å². The highest BCUT2D eigenvalue weighted by molar-refractivity contribution is 7.80. The molecule has 1 aromatic heterocycles. The molecule has 0 radical (unpaired) electrons. The number of para-hydroxylation sites is 1. The van der Waals surface area contributed by atoms with Crippen molar-refractivity contribution in [1.82, 2.24) is 10.0 Å². The predicted molar refractivity (Wildman–Crippen MR) is 68.4 cm³/mol. The van der Waals surface area contributed by atoms with E-state index >= 15 is 0 Å². The lowest BCUT2D eigenvalue weighted by Gasteiger charge is -2.09. The van der Waals surface area contributed by atoms with Crippen LogP contribution >= 0.6 is 12.6 Å². The van der Waals surface area contributed by atoms with Gasteiger partial charge in [-0.25, -0.2) is 0 Å². The molecule has 0 saturated heterocycles. The first kappa shape index (κ1) is 12.3. The minimum absolute atomic E-state index is 0.00989. The van der Waals surface area contributed by atoms with Crippen molar-refractivity contribution in [2.75, 3.05) is 5.88 Å². The van der Waals surface area contributed by atoms with Gasteiger partial charge in [0.25, 0.3) is 11.5 Å². The lowest BCUT2D eigenvalue weighted by Crippen LogP contribution is -2.32. The van der Waals surface area contributed by atoms with Gasteiger partial charge in [-0.3, -0.25) is 9.59 Å². The first-order valence-corrected chi connectivity index (χ1v) is 5.66. The summed E-state index contributed by atoms with van der Waals surface area (Å²) in [5.41, 5.74) is -1.36. The number of pyridine rings is 1. The number of amides is 1. The van der Waals surface area contributed by atoms with E-state index in [2.05, 4.69) is 17.9 Å². The van der Waals surface area contributed by atoms with Gasteiger partial charge in [0.2, 0.25) is 0 Å². The van der Waals surface area contributed by atoms with Crippen LogP contribution in [-0.2, 0) is 0 Å².